The number of guanidine groups is 1. The highest BCUT2D eigenvalue weighted by atomic mass is 35.5. The summed E-state index contributed by atoms with van der Waals surface area (Å²) in [5.41, 5.74) is 1.38. The van der Waals surface area contributed by atoms with Gasteiger partial charge in [-0.3, -0.25) is 4.99 Å². The molecule has 1 aromatic carbocycles. The lowest BCUT2D eigenvalue weighted by Crippen LogP contribution is -2.40. The summed E-state index contributed by atoms with van der Waals surface area (Å²) in [5.74, 6) is 0.790. The van der Waals surface area contributed by atoms with E-state index in [0.29, 0.717) is 22.0 Å². The molecule has 23 heavy (non-hydrogen) atoms. The molecule has 1 saturated carbocycles. The van der Waals surface area contributed by atoms with Gasteiger partial charge in [0.1, 0.15) is 0 Å². The molecule has 0 atom stereocenters. The minimum Gasteiger partial charge on any atom is -0.382 e. The Balaban J connectivity index is 1.77. The number of halogens is 2. The second-order valence-corrected chi connectivity index (χ2v) is 6.81. The summed E-state index contributed by atoms with van der Waals surface area (Å²) in [7, 11) is 1.78. The minimum atomic E-state index is 0.380. The molecular formula is C17H25Cl2N3O. The first-order chi connectivity index (χ1) is 11.1. The third kappa shape index (κ3) is 5.87. The number of benzene rings is 1. The molecule has 0 heterocycles. The van der Waals surface area contributed by atoms with Gasteiger partial charge in [0, 0.05) is 43.4 Å². The lowest BCUT2D eigenvalue weighted by atomic mass is 10.0. The molecule has 1 fully saturated rings. The fourth-order valence-corrected chi connectivity index (χ4v) is 2.94. The Hall–Kier alpha value is -0.970. The second-order valence-electron chi connectivity index (χ2n) is 5.96. The van der Waals surface area contributed by atoms with E-state index in [2.05, 4.69) is 15.6 Å². The van der Waals surface area contributed by atoms with Crippen molar-refractivity contribution in [3.8, 4) is 0 Å². The van der Waals surface area contributed by atoms with Crippen molar-refractivity contribution in [2.75, 3.05) is 26.8 Å². The number of nitrogens with zero attached hydrogens (tertiary/aromatic N) is 1. The molecule has 0 spiro atoms. The Bertz CT molecular complexity index is 545. The van der Waals surface area contributed by atoms with Gasteiger partial charge in [0.2, 0.25) is 0 Å². The molecular weight excluding hydrogens is 333 g/mol. The summed E-state index contributed by atoms with van der Waals surface area (Å²) in [5, 5.41) is 8.02. The molecule has 0 aromatic heterocycles. The van der Waals surface area contributed by atoms with Gasteiger partial charge in [-0.2, -0.15) is 0 Å². The highest BCUT2D eigenvalue weighted by Gasteiger charge is 2.41. The largest absolute Gasteiger partial charge is 0.382 e. The molecule has 0 saturated heterocycles. The Morgan fingerprint density at radius 3 is 2.70 bits per heavy atom. The average molecular weight is 358 g/mol. The van der Waals surface area contributed by atoms with E-state index in [-0.39, 0.29) is 0 Å². The van der Waals surface area contributed by atoms with Crippen LogP contribution in [0.3, 0.4) is 0 Å². The average Bonchev–Trinajstić information content (AvgIpc) is 3.30. The van der Waals surface area contributed by atoms with Crippen molar-refractivity contribution in [1.82, 2.24) is 10.6 Å². The number of nitrogens with one attached hydrogen (secondary N) is 2. The molecule has 1 aliphatic rings. The summed E-state index contributed by atoms with van der Waals surface area (Å²) in [6.07, 6.45) is 3.62. The first-order valence-electron chi connectivity index (χ1n) is 8.05. The van der Waals surface area contributed by atoms with Crippen molar-refractivity contribution in [2.24, 2.45) is 10.4 Å². The van der Waals surface area contributed by atoms with Crippen LogP contribution in [0.15, 0.2) is 23.2 Å². The Kier molecular flexibility index (Phi) is 7.00. The molecule has 0 amide bonds. The maximum absolute atomic E-state index is 6.19. The fraction of sp³-hybridized carbons (Fsp3) is 0.588. The quantitative estimate of drug-likeness (QED) is 0.421. The molecule has 1 aliphatic carbocycles. The summed E-state index contributed by atoms with van der Waals surface area (Å²) in [4.78, 5) is 4.27. The highest BCUT2D eigenvalue weighted by molar-refractivity contribution is 6.35. The van der Waals surface area contributed by atoms with E-state index in [9.17, 15) is 0 Å². The Morgan fingerprint density at radius 1 is 1.30 bits per heavy atom. The van der Waals surface area contributed by atoms with E-state index in [1.54, 1.807) is 13.1 Å². The van der Waals surface area contributed by atoms with Crippen molar-refractivity contribution in [1.29, 1.82) is 0 Å². The van der Waals surface area contributed by atoms with Crippen LogP contribution in [-0.2, 0) is 11.3 Å². The van der Waals surface area contributed by atoms with Crippen LogP contribution < -0.4 is 10.6 Å². The van der Waals surface area contributed by atoms with Crippen LogP contribution in [0.1, 0.15) is 31.7 Å². The van der Waals surface area contributed by atoms with Crippen molar-refractivity contribution in [2.45, 2.75) is 32.7 Å². The fourth-order valence-electron chi connectivity index (χ4n) is 2.46. The number of aliphatic imine (C=N–C) groups is 1. The zero-order chi connectivity index (χ0) is 16.7. The first-order valence-corrected chi connectivity index (χ1v) is 8.80. The lowest BCUT2D eigenvalue weighted by molar-refractivity contribution is 0.128. The molecule has 4 nitrogen and oxygen atoms in total. The first kappa shape index (κ1) is 18.4. The van der Waals surface area contributed by atoms with Crippen LogP contribution in [0.2, 0.25) is 10.0 Å². The third-order valence-electron chi connectivity index (χ3n) is 4.25. The minimum absolute atomic E-state index is 0.380. The van der Waals surface area contributed by atoms with Crippen molar-refractivity contribution in [3.05, 3.63) is 33.8 Å². The summed E-state index contributed by atoms with van der Waals surface area (Å²) in [6, 6.07) is 5.52. The number of hydrogen-bond acceptors (Lipinski definition) is 2. The Labute approximate surface area is 148 Å². The molecule has 1 aromatic rings. The maximum atomic E-state index is 6.19. The van der Waals surface area contributed by atoms with Gasteiger partial charge in [-0.15, -0.1) is 0 Å². The molecule has 2 rings (SSSR count). The Morgan fingerprint density at radius 2 is 2.09 bits per heavy atom. The lowest BCUT2D eigenvalue weighted by Gasteiger charge is -2.18. The SMILES string of the molecule is CCOCCC1(CNC(=NC)NCc2ccc(Cl)cc2Cl)CC1. The summed E-state index contributed by atoms with van der Waals surface area (Å²) in [6.45, 7) is 5.19. The smallest absolute Gasteiger partial charge is 0.191 e. The molecule has 0 bridgehead atoms. The van der Waals surface area contributed by atoms with Gasteiger partial charge in [0.05, 0.1) is 0 Å². The van der Waals surface area contributed by atoms with E-state index in [1.165, 1.54) is 12.8 Å². The van der Waals surface area contributed by atoms with E-state index in [4.69, 9.17) is 27.9 Å². The summed E-state index contributed by atoms with van der Waals surface area (Å²) >= 11 is 12.1. The predicted molar refractivity (Wildman–Crippen MR) is 97.4 cm³/mol. The normalized spacial score (nSPS) is 16.3. The van der Waals surface area contributed by atoms with Gasteiger partial charge in [-0.25, -0.2) is 0 Å². The molecule has 0 unspecified atom stereocenters. The van der Waals surface area contributed by atoms with Crippen LogP contribution in [-0.4, -0.2) is 32.8 Å². The van der Waals surface area contributed by atoms with Crippen molar-refractivity contribution < 1.29 is 4.74 Å². The second kappa shape index (κ2) is 8.76. The molecule has 0 aliphatic heterocycles. The van der Waals surface area contributed by atoms with Crippen molar-refractivity contribution in [3.63, 3.8) is 0 Å². The molecule has 2 N–H and O–H groups in total. The third-order valence-corrected chi connectivity index (χ3v) is 4.84. The van der Waals surface area contributed by atoms with Gasteiger partial charge in [0.25, 0.3) is 0 Å². The van der Waals surface area contributed by atoms with Gasteiger partial charge in [0.15, 0.2) is 5.96 Å². The van der Waals surface area contributed by atoms with Crippen LogP contribution in [0.5, 0.6) is 0 Å². The van der Waals surface area contributed by atoms with E-state index in [0.717, 1.165) is 37.7 Å². The standard InChI is InChI=1S/C17H25Cl2N3O/c1-3-23-9-8-17(6-7-17)12-22-16(20-2)21-11-13-4-5-14(18)10-15(13)19/h4-5,10H,3,6-9,11-12H2,1-2H3,(H2,20,21,22). The number of ether oxygens (including phenoxy) is 1. The van der Waals surface area contributed by atoms with Gasteiger partial charge >= 0.3 is 0 Å². The van der Waals surface area contributed by atoms with Crippen LogP contribution >= 0.6 is 23.2 Å². The maximum Gasteiger partial charge on any atom is 0.191 e. The van der Waals surface area contributed by atoms with Crippen LogP contribution in [0.25, 0.3) is 0 Å². The topological polar surface area (TPSA) is 45.6 Å². The van der Waals surface area contributed by atoms with Crippen LogP contribution in [0, 0.1) is 5.41 Å². The van der Waals surface area contributed by atoms with E-state index < -0.39 is 0 Å². The summed E-state index contributed by atoms with van der Waals surface area (Å²) < 4.78 is 5.47. The zero-order valence-electron chi connectivity index (χ0n) is 13.8. The molecule has 6 heteroatoms. The van der Waals surface area contributed by atoms with Crippen molar-refractivity contribution >= 4 is 29.2 Å². The predicted octanol–water partition coefficient (Wildman–Crippen LogP) is 3.87. The van der Waals surface area contributed by atoms with Gasteiger partial charge in [-0.1, -0.05) is 29.3 Å². The zero-order valence-corrected chi connectivity index (χ0v) is 15.3. The van der Waals surface area contributed by atoms with E-state index in [1.807, 2.05) is 19.1 Å². The van der Waals surface area contributed by atoms with Crippen LogP contribution in [0.4, 0.5) is 0 Å². The number of hydrogen-bond donors (Lipinski definition) is 2. The molecule has 128 valence electrons. The van der Waals surface area contributed by atoms with Gasteiger partial charge in [-0.05, 0) is 49.3 Å². The highest BCUT2D eigenvalue weighted by Crippen LogP contribution is 2.48. The van der Waals surface area contributed by atoms with E-state index >= 15 is 0 Å². The monoisotopic (exact) mass is 357 g/mol. The number of rotatable bonds is 8. The van der Waals surface area contributed by atoms with Gasteiger partial charge < -0.3 is 15.4 Å². The molecule has 0 radical (unpaired) electrons.